The lowest BCUT2D eigenvalue weighted by Gasteiger charge is -1.84. The second kappa shape index (κ2) is 9.76. The van der Waals surface area contributed by atoms with Gasteiger partial charge in [-0.05, 0) is 0 Å². The van der Waals surface area contributed by atoms with E-state index in [-0.39, 0.29) is 0 Å². The summed E-state index contributed by atoms with van der Waals surface area (Å²) in [5.41, 5.74) is 0. The number of hydrogen-bond donors (Lipinski definition) is 1. The van der Waals surface area contributed by atoms with Gasteiger partial charge in [-0.3, -0.25) is 0 Å². The highest BCUT2D eigenvalue weighted by atomic mass is 127. The van der Waals surface area contributed by atoms with Gasteiger partial charge in [-0.25, -0.2) is 0 Å². The Balaban J connectivity index is 0. The zero-order valence-electron chi connectivity index (χ0n) is 4.18. The van der Waals surface area contributed by atoms with Crippen molar-refractivity contribution in [3.05, 3.63) is 0 Å². The number of rotatable bonds is 0. The van der Waals surface area contributed by atoms with Crippen LogP contribution in [0.25, 0.3) is 0 Å². The van der Waals surface area contributed by atoms with Crippen LogP contribution in [0.4, 0.5) is 0 Å². The van der Waals surface area contributed by atoms with E-state index in [9.17, 15) is 0 Å². The summed E-state index contributed by atoms with van der Waals surface area (Å²) in [4.78, 5) is 0. The SMILES string of the molecule is C[NH2+]C.[O-][I+2]([O-])[O-]. The molecule has 0 atom stereocenters. The fourth-order valence-corrected chi connectivity index (χ4v) is 0. The number of quaternary nitrogens is 1. The van der Waals surface area contributed by atoms with E-state index in [2.05, 4.69) is 0 Å². The zero-order chi connectivity index (χ0) is 6.28. The summed E-state index contributed by atoms with van der Waals surface area (Å²) in [5, 5.41) is 2.00. The Kier molecular flexibility index (Phi) is 14.7. The molecule has 0 aliphatic carbocycles. The molecule has 0 saturated heterocycles. The normalized spacial score (nSPS) is 7.71. The second-order valence-electron chi connectivity index (χ2n) is 0.766. The van der Waals surface area contributed by atoms with Crippen molar-refractivity contribution in [2.45, 2.75) is 0 Å². The van der Waals surface area contributed by atoms with E-state index < -0.39 is 21.1 Å². The van der Waals surface area contributed by atoms with Gasteiger partial charge >= 0.3 is 0 Å². The van der Waals surface area contributed by atoms with Crippen molar-refractivity contribution in [3.8, 4) is 0 Å². The number of halogens is 1. The summed E-state index contributed by atoms with van der Waals surface area (Å²) in [5.74, 6) is 0. The lowest BCUT2D eigenvalue weighted by molar-refractivity contribution is -1.73. The Labute approximate surface area is 51.2 Å². The summed E-state index contributed by atoms with van der Waals surface area (Å²) >= 11 is -4.01. The van der Waals surface area contributed by atoms with Crippen LogP contribution in [0, 0.1) is 0 Å². The highest BCUT2D eigenvalue weighted by molar-refractivity contribution is 3.35. The van der Waals surface area contributed by atoms with Crippen molar-refractivity contribution in [3.63, 3.8) is 0 Å². The summed E-state index contributed by atoms with van der Waals surface area (Å²) in [6, 6.07) is 0. The Bertz CT molecular complexity index is 24.1. The summed E-state index contributed by atoms with van der Waals surface area (Å²) in [6.45, 7) is 0. The maximum atomic E-state index is 8.57. The van der Waals surface area contributed by atoms with Crippen LogP contribution in [0.15, 0.2) is 0 Å². The Morgan fingerprint density at radius 2 is 1.14 bits per heavy atom. The van der Waals surface area contributed by atoms with Crippen LogP contribution in [-0.2, 0) is 0 Å². The van der Waals surface area contributed by atoms with E-state index in [4.69, 9.17) is 10.3 Å². The first-order valence-electron chi connectivity index (χ1n) is 1.62. The van der Waals surface area contributed by atoms with Crippen LogP contribution in [0.1, 0.15) is 0 Å². The second-order valence-corrected chi connectivity index (χ2v) is 1.85. The predicted octanol–water partition coefficient (Wildman–Crippen LogP) is -7.75. The molecule has 2 N–H and O–H groups in total. The van der Waals surface area contributed by atoms with Crippen molar-refractivity contribution >= 4 is 0 Å². The van der Waals surface area contributed by atoms with E-state index in [1.165, 1.54) is 0 Å². The average Bonchev–Trinajstić information content (AvgIpc) is 1.33. The first-order valence-corrected chi connectivity index (χ1v) is 4.26. The van der Waals surface area contributed by atoms with Gasteiger partial charge in [0, 0.05) is 0 Å². The van der Waals surface area contributed by atoms with Crippen molar-refractivity contribution in [1.82, 2.24) is 0 Å². The molecule has 0 bridgehead atoms. The molecule has 4 nitrogen and oxygen atoms in total. The van der Waals surface area contributed by atoms with Gasteiger partial charge in [0.15, 0.2) is 0 Å². The summed E-state index contributed by atoms with van der Waals surface area (Å²) in [6.07, 6.45) is 0. The molecule has 0 spiro atoms. The molecule has 46 valence electrons. The minimum absolute atomic E-state index is 2.00. The highest BCUT2D eigenvalue weighted by Crippen LogP contribution is 0.586. The van der Waals surface area contributed by atoms with E-state index in [1.807, 2.05) is 19.4 Å². The molecule has 0 heterocycles. The Morgan fingerprint density at radius 3 is 1.14 bits per heavy atom. The Hall–Kier alpha value is 0.570. The summed E-state index contributed by atoms with van der Waals surface area (Å²) in [7, 11) is 4.00. The van der Waals surface area contributed by atoms with E-state index in [0.717, 1.165) is 0 Å². The molecule has 0 saturated carbocycles. The third-order valence-electron chi connectivity index (χ3n) is 0. The molecule has 0 aromatic carbocycles. The quantitative estimate of drug-likeness (QED) is 0.412. The third kappa shape index (κ3) is 422. The molecule has 7 heavy (non-hydrogen) atoms. The lowest BCUT2D eigenvalue weighted by atomic mass is 11.3. The molecule has 0 aromatic heterocycles. The van der Waals surface area contributed by atoms with Crippen molar-refractivity contribution in [1.29, 1.82) is 0 Å². The average molecular weight is 221 g/mol. The molecule has 0 fully saturated rings. The van der Waals surface area contributed by atoms with Gasteiger partial charge in [-0.1, -0.05) is 0 Å². The zero-order valence-corrected chi connectivity index (χ0v) is 6.34. The minimum atomic E-state index is -4.01. The molecule has 0 amide bonds. The molecule has 0 radical (unpaired) electrons. The highest BCUT2D eigenvalue weighted by Gasteiger charge is 1.70. The largest absolute Gasteiger partial charge is 0.427 e. The van der Waals surface area contributed by atoms with E-state index in [0.29, 0.717) is 0 Å². The first kappa shape index (κ1) is 10.5. The van der Waals surface area contributed by atoms with Crippen LogP contribution >= 0.6 is 0 Å². The molecule has 0 aliphatic rings. The topological polar surface area (TPSA) is 85.8 Å². The number of hydrogen-bond acceptors (Lipinski definition) is 3. The first-order chi connectivity index (χ1) is 3.15. The van der Waals surface area contributed by atoms with E-state index >= 15 is 0 Å². The van der Waals surface area contributed by atoms with Gasteiger partial charge in [-0.2, -0.15) is 0 Å². The van der Waals surface area contributed by atoms with Gasteiger partial charge in [0.05, 0.1) is 14.1 Å². The molecule has 0 rings (SSSR count). The molecular weight excluding hydrogens is 213 g/mol. The molecule has 5 heteroatoms. The van der Waals surface area contributed by atoms with Crippen LogP contribution in [-0.4, -0.2) is 14.1 Å². The van der Waals surface area contributed by atoms with E-state index in [1.54, 1.807) is 0 Å². The van der Waals surface area contributed by atoms with Crippen LogP contribution in [0.5, 0.6) is 0 Å². The van der Waals surface area contributed by atoms with Crippen molar-refractivity contribution < 1.29 is 36.7 Å². The van der Waals surface area contributed by atoms with Gasteiger partial charge in [0.1, 0.15) is 0 Å². The van der Waals surface area contributed by atoms with Crippen molar-refractivity contribution in [2.75, 3.05) is 14.1 Å². The van der Waals surface area contributed by atoms with Crippen LogP contribution in [0.2, 0.25) is 0 Å². The van der Waals surface area contributed by atoms with Gasteiger partial charge < -0.3 is 15.6 Å². The van der Waals surface area contributed by atoms with Gasteiger partial charge in [0.2, 0.25) is 0 Å². The van der Waals surface area contributed by atoms with Gasteiger partial charge in [0.25, 0.3) is 21.1 Å². The minimum Gasteiger partial charge on any atom is -0.427 e. The maximum absolute atomic E-state index is 8.57. The fraction of sp³-hybridized carbons (Fsp3) is 1.00. The standard InChI is InChI=1S/C2H7N.IO3/c1-3-2;2-1(3)4/h3H,1-2H3;/q;-1/p+1. The summed E-state index contributed by atoms with van der Waals surface area (Å²) < 4.78 is 25.7. The lowest BCUT2D eigenvalue weighted by Crippen LogP contribution is -4.05. The monoisotopic (exact) mass is 221 g/mol. The smallest absolute Gasteiger partial charge is 0.282 e. The molecule has 0 aliphatic heterocycles. The fourth-order valence-electron chi connectivity index (χ4n) is 0. The van der Waals surface area contributed by atoms with Gasteiger partial charge in [-0.15, -0.1) is 0 Å². The molecule has 0 unspecified atom stereocenters. The Morgan fingerprint density at radius 1 is 1.14 bits per heavy atom. The van der Waals surface area contributed by atoms with Crippen molar-refractivity contribution in [2.24, 2.45) is 0 Å². The van der Waals surface area contributed by atoms with Crippen LogP contribution < -0.4 is 36.7 Å². The number of nitrogens with two attached hydrogens (primary N) is 1. The third-order valence-corrected chi connectivity index (χ3v) is 0. The maximum Gasteiger partial charge on any atom is 0.282 e. The molecule has 0 aromatic rings. The molecular formula is C2H8INO3. The van der Waals surface area contributed by atoms with Crippen LogP contribution in [0.3, 0.4) is 0 Å². The predicted molar refractivity (Wildman–Crippen MR) is 13.8 cm³/mol.